The average molecular weight is 671 g/mol. The van der Waals surface area contributed by atoms with Crippen LogP contribution < -0.4 is 10.7 Å². The number of aromatic amines is 1. The van der Waals surface area contributed by atoms with Crippen molar-refractivity contribution >= 4 is 44.7 Å². The highest BCUT2D eigenvalue weighted by molar-refractivity contribution is 6.09. The van der Waals surface area contributed by atoms with Gasteiger partial charge in [0.05, 0.1) is 22.7 Å². The SMILES string of the molecule is C[C@H]1[C@@H](OC(=O)CCC(=O)NCCCN=c2c3ccccc3n(C)c3[nH]c4ccccc4c23)O[C@@H]2O[C@@]3(C)CC[C@H]4[C@H](C)CC[C@@H]1[C@@]24OO3. The Hall–Kier alpha value is -3.77. The van der Waals surface area contributed by atoms with Gasteiger partial charge < -0.3 is 29.1 Å². The molecule has 2 aromatic heterocycles. The van der Waals surface area contributed by atoms with E-state index in [0.29, 0.717) is 31.8 Å². The van der Waals surface area contributed by atoms with Crippen LogP contribution in [0.15, 0.2) is 53.5 Å². The van der Waals surface area contributed by atoms with Gasteiger partial charge >= 0.3 is 5.97 Å². The number of ether oxygens (including phenoxy) is 3. The van der Waals surface area contributed by atoms with Crippen LogP contribution in [0.25, 0.3) is 32.8 Å². The molecule has 2 N–H and O–H groups in total. The van der Waals surface area contributed by atoms with Gasteiger partial charge in [0.15, 0.2) is 11.9 Å². The number of pyridine rings is 1. The van der Waals surface area contributed by atoms with Gasteiger partial charge in [-0.05, 0) is 56.6 Å². The summed E-state index contributed by atoms with van der Waals surface area (Å²) in [5, 5.41) is 7.21. The fourth-order valence-corrected chi connectivity index (χ4v) is 9.00. The summed E-state index contributed by atoms with van der Waals surface area (Å²) in [6.07, 6.45) is 2.83. The summed E-state index contributed by atoms with van der Waals surface area (Å²) < 4.78 is 20.7. The van der Waals surface area contributed by atoms with Crippen LogP contribution in [0.4, 0.5) is 0 Å². The maximum atomic E-state index is 13.0. The molecule has 49 heavy (non-hydrogen) atoms. The number of esters is 1. The van der Waals surface area contributed by atoms with Crippen LogP contribution in [0.1, 0.15) is 65.7 Å². The Balaban J connectivity index is 0.871. The topological polar surface area (TPSA) is 125 Å². The molecule has 1 aliphatic carbocycles. The largest absolute Gasteiger partial charge is 0.435 e. The predicted molar refractivity (Wildman–Crippen MR) is 182 cm³/mol. The molecular weight excluding hydrogens is 624 g/mol. The van der Waals surface area contributed by atoms with Gasteiger partial charge in [-0.1, -0.05) is 50.2 Å². The number of carbonyl (C=O) groups is 2. The highest BCUT2D eigenvalue weighted by Gasteiger charge is 2.69. The number of fused-ring (bicyclic) bond motifs is 6. The van der Waals surface area contributed by atoms with Gasteiger partial charge in [-0.3, -0.25) is 14.6 Å². The van der Waals surface area contributed by atoms with Crippen LogP contribution in [-0.2, 0) is 40.6 Å². The van der Waals surface area contributed by atoms with Crippen LogP contribution in [0.2, 0.25) is 0 Å². The van der Waals surface area contributed by atoms with Crippen LogP contribution >= 0.6 is 0 Å². The normalized spacial score (nSPS) is 32.7. The first-order valence-electron chi connectivity index (χ1n) is 17.8. The Bertz CT molecular complexity index is 1990. The van der Waals surface area contributed by atoms with E-state index >= 15 is 0 Å². The lowest BCUT2D eigenvalue weighted by Gasteiger charge is -2.59. The summed E-state index contributed by atoms with van der Waals surface area (Å²) in [6, 6.07) is 16.6. The van der Waals surface area contributed by atoms with E-state index in [9.17, 15) is 9.59 Å². The lowest BCUT2D eigenvalue weighted by Crippen LogP contribution is -2.70. The zero-order chi connectivity index (χ0) is 33.9. The van der Waals surface area contributed by atoms with E-state index < -0.39 is 29.9 Å². The smallest absolute Gasteiger partial charge is 0.308 e. The average Bonchev–Trinajstić information content (AvgIpc) is 3.34. The number of hydrogen-bond donors (Lipinski definition) is 2. The summed E-state index contributed by atoms with van der Waals surface area (Å²) >= 11 is 0. The molecule has 11 nitrogen and oxygen atoms in total. The van der Waals surface area contributed by atoms with Crippen molar-refractivity contribution in [1.82, 2.24) is 14.9 Å². The van der Waals surface area contributed by atoms with E-state index in [1.54, 1.807) is 0 Å². The number of carbonyl (C=O) groups excluding carboxylic acids is 2. The molecule has 260 valence electrons. The Morgan fingerprint density at radius 1 is 1.02 bits per heavy atom. The van der Waals surface area contributed by atoms with Gasteiger partial charge in [0.1, 0.15) is 5.65 Å². The van der Waals surface area contributed by atoms with Crippen molar-refractivity contribution in [3.05, 3.63) is 53.9 Å². The quantitative estimate of drug-likeness (QED) is 0.139. The molecule has 0 radical (unpaired) electrons. The molecule has 2 bridgehead atoms. The molecule has 1 saturated carbocycles. The van der Waals surface area contributed by atoms with E-state index in [-0.39, 0.29) is 36.5 Å². The number of aromatic nitrogens is 2. The van der Waals surface area contributed by atoms with Gasteiger partial charge in [0, 0.05) is 61.1 Å². The van der Waals surface area contributed by atoms with E-state index in [1.165, 1.54) is 0 Å². The number of amides is 1. The first kappa shape index (κ1) is 32.4. The molecule has 4 aliphatic heterocycles. The van der Waals surface area contributed by atoms with Gasteiger partial charge in [-0.2, -0.15) is 0 Å². The van der Waals surface area contributed by atoms with Crippen LogP contribution in [0.3, 0.4) is 0 Å². The molecule has 4 aromatic rings. The zero-order valence-electron chi connectivity index (χ0n) is 28.7. The number of rotatable bonds is 8. The molecule has 0 unspecified atom stereocenters. The molecule has 1 spiro atoms. The fraction of sp³-hybridized carbons (Fsp3) is 0.553. The van der Waals surface area contributed by atoms with Crippen molar-refractivity contribution in [2.24, 2.45) is 35.7 Å². The minimum Gasteiger partial charge on any atom is -0.435 e. The van der Waals surface area contributed by atoms with Gasteiger partial charge in [-0.25, -0.2) is 9.78 Å². The van der Waals surface area contributed by atoms with Crippen molar-refractivity contribution in [3.63, 3.8) is 0 Å². The maximum absolute atomic E-state index is 13.0. The second-order valence-electron chi connectivity index (χ2n) is 14.7. The molecule has 11 heteroatoms. The number of aryl methyl sites for hydroxylation is 1. The van der Waals surface area contributed by atoms with E-state index in [1.807, 2.05) is 38.1 Å². The van der Waals surface area contributed by atoms with Crippen molar-refractivity contribution in [1.29, 1.82) is 0 Å². The molecule has 5 aliphatic rings. The first-order chi connectivity index (χ1) is 23.7. The van der Waals surface area contributed by atoms with E-state index in [4.69, 9.17) is 29.0 Å². The summed E-state index contributed by atoms with van der Waals surface area (Å²) in [5.74, 6) is -0.924. The van der Waals surface area contributed by atoms with Crippen molar-refractivity contribution in [3.8, 4) is 0 Å². The van der Waals surface area contributed by atoms with E-state index in [2.05, 4.69) is 53.1 Å². The molecule has 4 saturated heterocycles. The summed E-state index contributed by atoms with van der Waals surface area (Å²) in [6.45, 7) is 7.19. The Morgan fingerprint density at radius 3 is 2.67 bits per heavy atom. The number of nitrogens with one attached hydrogen (secondary N) is 2. The number of para-hydroxylation sites is 2. The lowest BCUT2D eigenvalue weighted by atomic mass is 9.58. The number of nitrogens with zero attached hydrogens (tertiary/aromatic N) is 2. The summed E-state index contributed by atoms with van der Waals surface area (Å²) in [5.41, 5.74) is 2.47. The monoisotopic (exact) mass is 670 g/mol. The number of benzene rings is 2. The third kappa shape index (κ3) is 5.46. The van der Waals surface area contributed by atoms with Crippen LogP contribution in [0, 0.1) is 23.7 Å². The lowest BCUT2D eigenvalue weighted by molar-refractivity contribution is -0.576. The van der Waals surface area contributed by atoms with Crippen molar-refractivity contribution in [2.75, 3.05) is 13.1 Å². The third-order valence-corrected chi connectivity index (χ3v) is 11.6. The Labute approximate surface area is 285 Å². The highest BCUT2D eigenvalue weighted by atomic mass is 17.3. The van der Waals surface area contributed by atoms with Crippen molar-refractivity contribution < 1.29 is 33.6 Å². The van der Waals surface area contributed by atoms with Crippen molar-refractivity contribution in [2.45, 2.75) is 89.7 Å². The molecular formula is C38H46N4O7. The molecule has 2 aromatic carbocycles. The molecule has 1 amide bonds. The zero-order valence-corrected chi connectivity index (χ0v) is 28.7. The second kappa shape index (κ2) is 12.5. The van der Waals surface area contributed by atoms with Gasteiger partial charge in [0.25, 0.3) is 0 Å². The maximum Gasteiger partial charge on any atom is 0.308 e. The predicted octanol–water partition coefficient (Wildman–Crippen LogP) is 5.75. The highest BCUT2D eigenvalue weighted by Crippen LogP contribution is 2.60. The molecule has 6 heterocycles. The Kier molecular flexibility index (Phi) is 8.29. The molecule has 9 rings (SSSR count). The van der Waals surface area contributed by atoms with Crippen LogP contribution in [-0.4, -0.2) is 58.5 Å². The Morgan fingerprint density at radius 2 is 1.82 bits per heavy atom. The number of H-pyrrole nitrogens is 1. The number of hydrogen-bond acceptors (Lipinski definition) is 8. The van der Waals surface area contributed by atoms with Gasteiger partial charge in [-0.15, -0.1) is 0 Å². The molecule has 5 fully saturated rings. The molecule has 8 atom stereocenters. The van der Waals surface area contributed by atoms with Crippen LogP contribution in [0.5, 0.6) is 0 Å². The third-order valence-electron chi connectivity index (χ3n) is 11.6. The fourth-order valence-electron chi connectivity index (χ4n) is 9.00. The first-order valence-corrected chi connectivity index (χ1v) is 17.8. The minimum absolute atomic E-state index is 0.0350. The summed E-state index contributed by atoms with van der Waals surface area (Å²) in [4.78, 5) is 46.4. The second-order valence-corrected chi connectivity index (χ2v) is 14.7. The summed E-state index contributed by atoms with van der Waals surface area (Å²) in [7, 11) is 2.07. The van der Waals surface area contributed by atoms with Gasteiger partial charge in [0.2, 0.25) is 18.0 Å². The minimum atomic E-state index is -0.895. The van der Waals surface area contributed by atoms with E-state index in [0.717, 1.165) is 57.5 Å². The standard InChI is InChI=1S/C38H46N4O7/c1-22-14-15-27-23(2)35(46-36-38(27)26(22)18-19-37(3,47-36)48-49-38)45-31(44)17-16-30(43)39-20-9-21-40-33-25-11-6-8-13-29(25)42(4)34-32(33)24-10-5-7-12-28(24)41-34/h5-8,10-13,22-23,26-27,35-36,41H,9,14-21H2,1-4H3,(H,39,43)/t22-,23-,26+,27+,35+,36-,37-,38-/m1/s1.